The fourth-order valence-corrected chi connectivity index (χ4v) is 9.14. The third-order valence-electron chi connectivity index (χ3n) is 12.4. The average Bonchev–Trinajstić information content (AvgIpc) is 3.18. The van der Waals surface area contributed by atoms with Gasteiger partial charge in [0.05, 0.1) is 0 Å². The Labute approximate surface area is 324 Å². The van der Waals surface area contributed by atoms with E-state index in [9.17, 15) is 0 Å². The third kappa shape index (κ3) is 6.20. The van der Waals surface area contributed by atoms with Crippen molar-refractivity contribution in [2.24, 2.45) is 0 Å². The van der Waals surface area contributed by atoms with Crippen molar-refractivity contribution in [3.63, 3.8) is 0 Å². The van der Waals surface area contributed by atoms with Crippen LogP contribution in [0.15, 0.2) is 120 Å². The van der Waals surface area contributed by atoms with Gasteiger partial charge in [0, 0.05) is 4.47 Å². The molecule has 0 bridgehead atoms. The Balaban J connectivity index is 0.000000174. The van der Waals surface area contributed by atoms with Crippen LogP contribution < -0.4 is 0 Å². The quantitative estimate of drug-likeness (QED) is 0.169. The number of rotatable bonds is 3. The lowest BCUT2D eigenvalue weighted by Crippen LogP contribution is -2.01. The summed E-state index contributed by atoms with van der Waals surface area (Å²) in [5.74, 6) is 0. The summed E-state index contributed by atoms with van der Waals surface area (Å²) in [5.41, 5.74) is 22.0. The maximum absolute atomic E-state index is 3.85. The minimum atomic E-state index is 1.19. The molecule has 8 aromatic carbocycles. The molecule has 0 saturated carbocycles. The highest BCUT2D eigenvalue weighted by molar-refractivity contribution is 9.10. The van der Waals surface area contributed by atoms with Crippen molar-refractivity contribution in [1.29, 1.82) is 0 Å². The Morgan fingerprint density at radius 2 is 0.623 bits per heavy atom. The van der Waals surface area contributed by atoms with Gasteiger partial charge in [0.25, 0.3) is 0 Å². The summed E-state index contributed by atoms with van der Waals surface area (Å²) in [6.07, 6.45) is 0. The summed E-state index contributed by atoms with van der Waals surface area (Å²) < 4.78 is 1.19. The van der Waals surface area contributed by atoms with Gasteiger partial charge >= 0.3 is 0 Å². The van der Waals surface area contributed by atoms with Crippen LogP contribution in [0.1, 0.15) is 55.6 Å². The Hall–Kier alpha value is -4.98. The van der Waals surface area contributed by atoms with Crippen LogP contribution in [0.3, 0.4) is 0 Å². The maximum atomic E-state index is 3.85. The molecule has 0 spiro atoms. The molecule has 0 N–H and O–H groups in total. The molecule has 0 aromatic heterocycles. The average molecular weight is 754 g/mol. The van der Waals surface area contributed by atoms with Crippen LogP contribution in [0.4, 0.5) is 0 Å². The van der Waals surface area contributed by atoms with Crippen molar-refractivity contribution in [2.45, 2.75) is 69.2 Å². The molecule has 0 saturated heterocycles. The summed E-state index contributed by atoms with van der Waals surface area (Å²) in [4.78, 5) is 0. The molecule has 0 atom stereocenters. The monoisotopic (exact) mass is 752 g/mol. The predicted octanol–water partition coefficient (Wildman–Crippen LogP) is 15.7. The third-order valence-corrected chi connectivity index (χ3v) is 13.2. The molecule has 264 valence electrons. The van der Waals surface area contributed by atoms with E-state index >= 15 is 0 Å². The van der Waals surface area contributed by atoms with Gasteiger partial charge in [0.2, 0.25) is 0 Å². The Morgan fingerprint density at radius 1 is 0.264 bits per heavy atom. The fraction of sp³-hybridized carbons (Fsp3) is 0.192. The van der Waals surface area contributed by atoms with Gasteiger partial charge in [-0.25, -0.2) is 0 Å². The van der Waals surface area contributed by atoms with Crippen LogP contribution in [0.5, 0.6) is 0 Å². The van der Waals surface area contributed by atoms with Crippen molar-refractivity contribution >= 4 is 48.2 Å². The lowest BCUT2D eigenvalue weighted by atomic mass is 9.81. The van der Waals surface area contributed by atoms with Gasteiger partial charge in [-0.15, -0.1) is 0 Å². The maximum Gasteiger partial charge on any atom is 0.0332 e. The van der Waals surface area contributed by atoms with Crippen LogP contribution in [0.25, 0.3) is 65.7 Å². The van der Waals surface area contributed by atoms with Crippen LogP contribution >= 0.6 is 15.9 Å². The first kappa shape index (κ1) is 36.4. The molecule has 0 aliphatic heterocycles. The van der Waals surface area contributed by atoms with Crippen LogP contribution in [-0.2, 0) is 0 Å². The molecular formula is C52H49Br. The zero-order valence-electron chi connectivity index (χ0n) is 32.8. The van der Waals surface area contributed by atoms with Crippen LogP contribution in [-0.4, -0.2) is 0 Å². The highest BCUT2D eigenvalue weighted by Gasteiger charge is 2.20. The lowest BCUT2D eigenvalue weighted by Gasteiger charge is -2.23. The van der Waals surface area contributed by atoms with Crippen LogP contribution in [0, 0.1) is 69.2 Å². The summed E-state index contributed by atoms with van der Waals surface area (Å²) >= 11 is 3.85. The first-order chi connectivity index (χ1) is 25.4. The lowest BCUT2D eigenvalue weighted by molar-refractivity contribution is 1.18. The minimum Gasteiger partial charge on any atom is -0.0616 e. The molecule has 0 radical (unpaired) electrons. The van der Waals surface area contributed by atoms with Gasteiger partial charge in [-0.2, -0.15) is 0 Å². The van der Waals surface area contributed by atoms with E-state index in [1.807, 2.05) is 0 Å². The molecule has 8 aromatic rings. The van der Waals surface area contributed by atoms with E-state index in [0.717, 1.165) is 0 Å². The Bertz CT molecular complexity index is 2660. The predicted molar refractivity (Wildman–Crippen MR) is 237 cm³/mol. The SMILES string of the molecule is Cc1c(C)c(C)c(-c2ccc3ccccc3c2-c2cccc3ccccc23)c(C)c1C.Cc1c(C)c(C)c(-c2ccc3ccccc3c2Br)c(C)c1C. The minimum absolute atomic E-state index is 1.19. The highest BCUT2D eigenvalue weighted by atomic mass is 79.9. The van der Waals surface area contributed by atoms with Gasteiger partial charge in [-0.3, -0.25) is 0 Å². The topological polar surface area (TPSA) is 0 Å². The number of fused-ring (bicyclic) bond motifs is 3. The standard InChI is InChI=1S/C31H28.C21H21Br/c1-19-20(2)22(4)30(23(5)21(19)3)29-18-17-25-12-7-9-15-27(25)31(29)28-16-10-13-24-11-6-8-14-26(24)28;1-12-13(2)15(4)20(16(5)14(12)3)19-11-10-17-8-6-7-9-18(17)21(19)22/h6-18H,1-5H3;6-11H,1-5H3. The molecule has 0 heterocycles. The van der Waals surface area contributed by atoms with E-state index < -0.39 is 0 Å². The first-order valence-electron chi connectivity index (χ1n) is 18.7. The van der Waals surface area contributed by atoms with Crippen molar-refractivity contribution in [3.05, 3.63) is 175 Å². The van der Waals surface area contributed by atoms with Crippen molar-refractivity contribution in [1.82, 2.24) is 0 Å². The second-order valence-electron chi connectivity index (χ2n) is 14.9. The first-order valence-corrected chi connectivity index (χ1v) is 19.5. The van der Waals surface area contributed by atoms with Gasteiger partial charge in [-0.05, 0) is 206 Å². The Morgan fingerprint density at radius 3 is 1.15 bits per heavy atom. The molecule has 0 unspecified atom stereocenters. The van der Waals surface area contributed by atoms with E-state index in [0.29, 0.717) is 0 Å². The smallest absolute Gasteiger partial charge is 0.0332 e. The van der Waals surface area contributed by atoms with E-state index in [2.05, 4.69) is 200 Å². The molecule has 0 aliphatic carbocycles. The van der Waals surface area contributed by atoms with E-state index in [1.165, 1.54) is 126 Å². The van der Waals surface area contributed by atoms with Crippen molar-refractivity contribution < 1.29 is 0 Å². The molecule has 8 rings (SSSR count). The number of benzene rings is 8. The largest absolute Gasteiger partial charge is 0.0616 e. The molecule has 53 heavy (non-hydrogen) atoms. The van der Waals surface area contributed by atoms with Gasteiger partial charge in [-0.1, -0.05) is 115 Å². The Kier molecular flexibility index (Phi) is 9.92. The summed E-state index contributed by atoms with van der Waals surface area (Å²) in [6.45, 7) is 22.5. The van der Waals surface area contributed by atoms with Gasteiger partial charge < -0.3 is 0 Å². The molecule has 0 nitrogen and oxygen atoms in total. The molecule has 1 heteroatoms. The second-order valence-corrected chi connectivity index (χ2v) is 15.7. The molecule has 0 amide bonds. The van der Waals surface area contributed by atoms with E-state index in [-0.39, 0.29) is 0 Å². The summed E-state index contributed by atoms with van der Waals surface area (Å²) in [5, 5.41) is 7.72. The van der Waals surface area contributed by atoms with Gasteiger partial charge in [0.1, 0.15) is 0 Å². The summed E-state index contributed by atoms with van der Waals surface area (Å²) in [7, 11) is 0. The zero-order valence-corrected chi connectivity index (χ0v) is 34.4. The fourth-order valence-electron chi connectivity index (χ4n) is 8.45. The summed E-state index contributed by atoms with van der Waals surface area (Å²) in [6, 6.07) is 41.8. The number of halogens is 1. The number of hydrogen-bond acceptors (Lipinski definition) is 0. The van der Waals surface area contributed by atoms with Crippen molar-refractivity contribution in [3.8, 4) is 33.4 Å². The van der Waals surface area contributed by atoms with Crippen LogP contribution in [0.2, 0.25) is 0 Å². The zero-order chi connectivity index (χ0) is 37.7. The molecule has 0 fully saturated rings. The normalized spacial score (nSPS) is 11.3. The van der Waals surface area contributed by atoms with Crippen molar-refractivity contribution in [2.75, 3.05) is 0 Å². The highest BCUT2D eigenvalue weighted by Crippen LogP contribution is 2.45. The van der Waals surface area contributed by atoms with Gasteiger partial charge in [0.15, 0.2) is 0 Å². The second kappa shape index (κ2) is 14.4. The number of hydrogen-bond donors (Lipinski definition) is 0. The van der Waals surface area contributed by atoms with E-state index in [1.54, 1.807) is 0 Å². The van der Waals surface area contributed by atoms with E-state index in [4.69, 9.17) is 0 Å². The molecule has 0 aliphatic rings. The molecular weight excluding hydrogens is 704 g/mol.